The van der Waals surface area contributed by atoms with Crippen molar-refractivity contribution in [2.45, 2.75) is 57.8 Å². The Balaban J connectivity index is 0.000000136. The van der Waals surface area contributed by atoms with Crippen LogP contribution in [0.4, 0.5) is 0 Å². The molecule has 0 saturated carbocycles. The molecule has 1 atom stereocenters. The molecular formula is C55H46. The molecule has 1 unspecified atom stereocenters. The lowest BCUT2D eigenvalue weighted by atomic mass is 9.70. The predicted octanol–water partition coefficient (Wildman–Crippen LogP) is 14.7. The Morgan fingerprint density at radius 3 is 1.65 bits per heavy atom. The van der Waals surface area contributed by atoms with Gasteiger partial charge in [-0.3, -0.25) is 0 Å². The lowest BCUT2D eigenvalue weighted by Gasteiger charge is -2.30. The molecule has 0 aliphatic heterocycles. The van der Waals surface area contributed by atoms with Crippen LogP contribution in [-0.4, -0.2) is 0 Å². The smallest absolute Gasteiger partial charge is 0.0619 e. The highest BCUT2D eigenvalue weighted by Crippen LogP contribution is 2.63. The van der Waals surface area contributed by atoms with Crippen LogP contribution in [0.3, 0.4) is 0 Å². The second-order valence-electron chi connectivity index (χ2n) is 16.1. The minimum absolute atomic E-state index is 0.189. The number of hydrogen-bond donors (Lipinski definition) is 0. The Morgan fingerprint density at radius 2 is 0.964 bits per heavy atom. The lowest BCUT2D eigenvalue weighted by molar-refractivity contribution is 0.690. The predicted molar refractivity (Wildman–Crippen MR) is 233 cm³/mol. The highest BCUT2D eigenvalue weighted by Gasteiger charge is 2.51. The van der Waals surface area contributed by atoms with E-state index in [2.05, 4.69) is 198 Å². The van der Waals surface area contributed by atoms with Crippen LogP contribution in [-0.2, 0) is 11.8 Å². The molecule has 8 aromatic rings. The summed E-state index contributed by atoms with van der Waals surface area (Å²) in [5.41, 5.74) is 22.4. The van der Waals surface area contributed by atoms with E-state index in [0.717, 1.165) is 6.42 Å². The Hall–Kier alpha value is -5.98. The molecule has 0 bridgehead atoms. The molecule has 266 valence electrons. The van der Waals surface area contributed by atoms with Crippen LogP contribution in [0.2, 0.25) is 0 Å². The summed E-state index contributed by atoms with van der Waals surface area (Å²) < 4.78 is 0. The Morgan fingerprint density at radius 1 is 0.455 bits per heavy atom. The van der Waals surface area contributed by atoms with Crippen LogP contribution in [0.25, 0.3) is 55.3 Å². The summed E-state index contributed by atoms with van der Waals surface area (Å²) in [5, 5.41) is 2.76. The topological polar surface area (TPSA) is 0 Å². The van der Waals surface area contributed by atoms with Gasteiger partial charge in [0.05, 0.1) is 5.41 Å². The van der Waals surface area contributed by atoms with E-state index in [1.54, 1.807) is 0 Å². The van der Waals surface area contributed by atoms with Crippen molar-refractivity contribution in [1.82, 2.24) is 0 Å². The summed E-state index contributed by atoms with van der Waals surface area (Å²) in [4.78, 5) is 0. The van der Waals surface area contributed by atoms with E-state index in [-0.39, 0.29) is 5.41 Å². The van der Waals surface area contributed by atoms with Gasteiger partial charge in [0.15, 0.2) is 0 Å². The molecular weight excluding hydrogens is 661 g/mol. The molecule has 0 fully saturated rings. The number of benzene rings is 8. The molecule has 55 heavy (non-hydrogen) atoms. The molecule has 0 aromatic heterocycles. The van der Waals surface area contributed by atoms with Gasteiger partial charge in [0.25, 0.3) is 0 Å². The summed E-state index contributed by atoms with van der Waals surface area (Å²) in [5.74, 6) is 1.11. The Bertz CT molecular complexity index is 2730. The van der Waals surface area contributed by atoms with E-state index in [4.69, 9.17) is 0 Å². The van der Waals surface area contributed by atoms with E-state index in [9.17, 15) is 0 Å². The summed E-state index contributed by atoms with van der Waals surface area (Å²) in [7, 11) is 0. The first-order valence-corrected chi connectivity index (χ1v) is 20.1. The second-order valence-corrected chi connectivity index (χ2v) is 16.1. The van der Waals surface area contributed by atoms with Crippen molar-refractivity contribution in [1.29, 1.82) is 0 Å². The minimum atomic E-state index is -0.189. The zero-order valence-corrected chi connectivity index (χ0v) is 32.2. The summed E-state index contributed by atoms with van der Waals surface area (Å²) in [6.07, 6.45) is 2.32. The van der Waals surface area contributed by atoms with Gasteiger partial charge < -0.3 is 0 Å². The van der Waals surface area contributed by atoms with Gasteiger partial charge in [0.1, 0.15) is 0 Å². The molecule has 0 heteroatoms. The first-order chi connectivity index (χ1) is 27.0. The zero-order valence-electron chi connectivity index (χ0n) is 32.2. The first kappa shape index (κ1) is 33.6. The van der Waals surface area contributed by atoms with Gasteiger partial charge in [-0.05, 0) is 131 Å². The average Bonchev–Trinajstić information content (AvgIpc) is 3.65. The van der Waals surface area contributed by atoms with Crippen molar-refractivity contribution in [2.24, 2.45) is 0 Å². The Labute approximate surface area is 326 Å². The fourth-order valence-electron chi connectivity index (χ4n) is 10.4. The summed E-state index contributed by atoms with van der Waals surface area (Å²) in [6.45, 7) is 9.18. The molecule has 0 nitrogen and oxygen atoms in total. The van der Waals surface area contributed by atoms with Crippen LogP contribution in [0.15, 0.2) is 170 Å². The maximum Gasteiger partial charge on any atom is 0.0725 e. The van der Waals surface area contributed by atoms with Gasteiger partial charge in [-0.1, -0.05) is 191 Å². The molecule has 0 radical (unpaired) electrons. The molecule has 1 spiro atoms. The monoisotopic (exact) mass is 706 g/mol. The molecule has 0 heterocycles. The summed E-state index contributed by atoms with van der Waals surface area (Å²) in [6, 6.07) is 63.1. The van der Waals surface area contributed by atoms with Gasteiger partial charge in [-0.25, -0.2) is 0 Å². The average molecular weight is 707 g/mol. The number of hydrogen-bond acceptors (Lipinski definition) is 0. The van der Waals surface area contributed by atoms with Crippen LogP contribution in [0.5, 0.6) is 0 Å². The third kappa shape index (κ3) is 4.97. The van der Waals surface area contributed by atoms with Gasteiger partial charge >= 0.3 is 0 Å². The van der Waals surface area contributed by atoms with E-state index in [1.807, 2.05) is 0 Å². The molecule has 3 aliphatic carbocycles. The van der Waals surface area contributed by atoms with E-state index < -0.39 is 0 Å². The molecule has 0 N–H and O–H groups in total. The molecule has 0 amide bonds. The van der Waals surface area contributed by atoms with E-state index in [0.29, 0.717) is 11.8 Å². The third-order valence-corrected chi connectivity index (χ3v) is 12.9. The van der Waals surface area contributed by atoms with E-state index >= 15 is 0 Å². The van der Waals surface area contributed by atoms with Gasteiger partial charge in [-0.2, -0.15) is 0 Å². The van der Waals surface area contributed by atoms with Crippen molar-refractivity contribution >= 4 is 10.8 Å². The zero-order chi connectivity index (χ0) is 37.3. The quantitative estimate of drug-likeness (QED) is 0.168. The van der Waals surface area contributed by atoms with E-state index in [1.165, 1.54) is 106 Å². The maximum absolute atomic E-state index is 2.37. The molecule has 8 aromatic carbocycles. The second kappa shape index (κ2) is 13.1. The van der Waals surface area contributed by atoms with Crippen molar-refractivity contribution < 1.29 is 0 Å². The molecule has 3 aliphatic rings. The van der Waals surface area contributed by atoms with Crippen LogP contribution < -0.4 is 0 Å². The highest BCUT2D eigenvalue weighted by atomic mass is 14.5. The molecule has 0 saturated heterocycles. The number of rotatable bonds is 2. The van der Waals surface area contributed by atoms with Crippen molar-refractivity contribution in [3.05, 3.63) is 214 Å². The first-order valence-electron chi connectivity index (χ1n) is 20.1. The van der Waals surface area contributed by atoms with Crippen LogP contribution in [0.1, 0.15) is 83.5 Å². The Kier molecular flexibility index (Phi) is 8.00. The lowest BCUT2D eigenvalue weighted by Crippen LogP contribution is -2.25. The summed E-state index contributed by atoms with van der Waals surface area (Å²) >= 11 is 0. The standard InChI is InChI=1S/C29H28.C26H18/c1-19(2)21-17-18-29(25-12-7-6-10-23(21)25)27-14-8-13-26-24-11-5-4-9-22(24)20(3)15-16-28(26)27;1-17-9-8-16-24-25(17)20-12-4-7-15-23(20)26(24)21-13-5-2-10-18(21)19-11-3-6-14-22(19)26/h4-14,17-20H,15-16H2,1-3H3;2-16H,1H3. The SMILES string of the molecule is CC(C)c1ccc(-c2cccc3c2CCC(C)c2ccccc2-3)c2ccccc12.Cc1cccc2c1-c1ccccc1C21c2ccccc2-c2ccccc21. The maximum atomic E-state index is 2.37. The van der Waals surface area contributed by atoms with Gasteiger partial charge in [0.2, 0.25) is 0 Å². The number of fused-ring (bicyclic) bond motifs is 14. The normalized spacial score (nSPS) is 15.3. The largest absolute Gasteiger partial charge is 0.0725 e. The minimum Gasteiger partial charge on any atom is -0.0619 e. The van der Waals surface area contributed by atoms with Gasteiger partial charge in [-0.15, -0.1) is 0 Å². The van der Waals surface area contributed by atoms with Crippen LogP contribution in [0, 0.1) is 6.92 Å². The van der Waals surface area contributed by atoms with Crippen LogP contribution >= 0.6 is 0 Å². The number of aryl methyl sites for hydroxylation is 1. The van der Waals surface area contributed by atoms with Crippen molar-refractivity contribution in [3.63, 3.8) is 0 Å². The van der Waals surface area contributed by atoms with Gasteiger partial charge in [0, 0.05) is 0 Å². The molecule has 11 rings (SSSR count). The van der Waals surface area contributed by atoms with Crippen molar-refractivity contribution in [2.75, 3.05) is 0 Å². The third-order valence-electron chi connectivity index (χ3n) is 12.9. The fourth-order valence-corrected chi connectivity index (χ4v) is 10.4. The van der Waals surface area contributed by atoms with Crippen molar-refractivity contribution in [3.8, 4) is 44.5 Å². The fraction of sp³-hybridized carbons (Fsp3) is 0.164. The highest BCUT2D eigenvalue weighted by molar-refractivity contribution is 6.01.